The van der Waals surface area contributed by atoms with Gasteiger partial charge in [0.1, 0.15) is 11.6 Å². The zero-order chi connectivity index (χ0) is 10.7. The first kappa shape index (κ1) is 9.96. The van der Waals surface area contributed by atoms with Crippen LogP contribution in [0.15, 0.2) is 32.9 Å². The molecular weight excluding hydrogens is 228 g/mol. The fourth-order valence-electron chi connectivity index (χ4n) is 1.03. The zero-order valence-corrected chi connectivity index (χ0v) is 9.18. The molecule has 0 saturated heterocycles. The topological polar surface area (TPSA) is 75.6 Å². The van der Waals surface area contributed by atoms with Crippen LogP contribution >= 0.6 is 23.1 Å². The van der Waals surface area contributed by atoms with Crippen molar-refractivity contribution in [2.45, 2.75) is 9.24 Å². The molecule has 1 heterocycles. The second kappa shape index (κ2) is 4.29. The van der Waals surface area contributed by atoms with E-state index >= 15 is 0 Å². The molecule has 4 nitrogen and oxygen atoms in total. The first-order chi connectivity index (χ1) is 7.29. The average Bonchev–Trinajstić information content (AvgIpc) is 2.73. The lowest BCUT2D eigenvalue weighted by Gasteiger charge is -2.01. The summed E-state index contributed by atoms with van der Waals surface area (Å²) in [6.45, 7) is 0. The highest BCUT2D eigenvalue weighted by Gasteiger charge is 2.06. The summed E-state index contributed by atoms with van der Waals surface area (Å²) < 4.78 is 0.816. The van der Waals surface area contributed by atoms with Gasteiger partial charge in [-0.25, -0.2) is 0 Å². The lowest BCUT2D eigenvalue weighted by molar-refractivity contribution is 1.01. The monoisotopic (exact) mass is 234 g/mol. The third-order valence-corrected chi connectivity index (χ3v) is 3.52. The van der Waals surface area contributed by atoms with Gasteiger partial charge in [-0.1, -0.05) is 23.1 Å². The van der Waals surface area contributed by atoms with Crippen LogP contribution in [0.4, 0.5) is 5.69 Å². The molecule has 0 spiro atoms. The Labute approximate surface area is 94.8 Å². The fourth-order valence-corrected chi connectivity index (χ4v) is 2.52. The maximum absolute atomic E-state index is 8.92. The van der Waals surface area contributed by atoms with E-state index in [2.05, 4.69) is 16.3 Å². The van der Waals surface area contributed by atoms with Crippen LogP contribution in [0.3, 0.4) is 0 Å². The van der Waals surface area contributed by atoms with E-state index in [0.29, 0.717) is 11.3 Å². The highest BCUT2D eigenvalue weighted by Crippen LogP contribution is 2.31. The highest BCUT2D eigenvalue weighted by atomic mass is 32.2. The number of nitriles is 1. The molecule has 2 aromatic rings. The van der Waals surface area contributed by atoms with Gasteiger partial charge in [0.05, 0.1) is 5.56 Å². The summed E-state index contributed by atoms with van der Waals surface area (Å²) in [6.07, 6.45) is 0. The second-order valence-electron chi connectivity index (χ2n) is 2.67. The maximum Gasteiger partial charge on any atom is 0.178 e. The number of nitrogens with two attached hydrogens (primary N) is 1. The number of nitrogens with zero attached hydrogens (tertiary/aromatic N) is 3. The van der Waals surface area contributed by atoms with Crippen molar-refractivity contribution in [2.75, 3.05) is 5.73 Å². The molecule has 6 heteroatoms. The molecule has 0 aliphatic rings. The molecular formula is C9H6N4S2. The number of hydrogen-bond donors (Lipinski definition) is 1. The number of rotatable bonds is 2. The Morgan fingerprint density at radius 2 is 2.33 bits per heavy atom. The van der Waals surface area contributed by atoms with E-state index in [4.69, 9.17) is 11.0 Å². The van der Waals surface area contributed by atoms with Gasteiger partial charge < -0.3 is 5.73 Å². The van der Waals surface area contributed by atoms with E-state index in [-0.39, 0.29) is 0 Å². The molecule has 74 valence electrons. The zero-order valence-electron chi connectivity index (χ0n) is 7.54. The normalized spacial score (nSPS) is 9.80. The molecule has 0 bridgehead atoms. The van der Waals surface area contributed by atoms with Crippen LogP contribution in [0, 0.1) is 11.3 Å². The number of benzene rings is 1. The molecule has 0 fully saturated rings. The molecule has 0 unspecified atom stereocenters. The second-order valence-corrected chi connectivity index (χ2v) is 4.80. The summed E-state index contributed by atoms with van der Waals surface area (Å²) in [6, 6.07) is 7.35. The van der Waals surface area contributed by atoms with Crippen LogP contribution in [0.2, 0.25) is 0 Å². The van der Waals surface area contributed by atoms with Gasteiger partial charge in [0, 0.05) is 10.6 Å². The van der Waals surface area contributed by atoms with Gasteiger partial charge in [-0.15, -0.1) is 10.2 Å². The van der Waals surface area contributed by atoms with Gasteiger partial charge in [0.2, 0.25) is 0 Å². The standard InChI is InChI=1S/C9H6N4S2/c10-4-6-3-7(11)1-2-8(6)15-9-13-12-5-14-9/h1-3,5H,11H2. The van der Waals surface area contributed by atoms with Crippen LogP contribution in [0.25, 0.3) is 0 Å². The molecule has 0 radical (unpaired) electrons. The van der Waals surface area contributed by atoms with Crippen molar-refractivity contribution < 1.29 is 0 Å². The third-order valence-electron chi connectivity index (χ3n) is 1.66. The fraction of sp³-hybridized carbons (Fsp3) is 0. The molecule has 2 N–H and O–H groups in total. The molecule has 0 atom stereocenters. The molecule has 1 aromatic carbocycles. The lowest BCUT2D eigenvalue weighted by atomic mass is 10.2. The Hall–Kier alpha value is -1.58. The molecule has 0 amide bonds. The quantitative estimate of drug-likeness (QED) is 0.806. The van der Waals surface area contributed by atoms with Crippen molar-refractivity contribution in [3.63, 3.8) is 0 Å². The summed E-state index contributed by atoms with van der Waals surface area (Å²) in [7, 11) is 0. The van der Waals surface area contributed by atoms with Crippen molar-refractivity contribution in [1.82, 2.24) is 10.2 Å². The van der Waals surface area contributed by atoms with Crippen LogP contribution in [0.5, 0.6) is 0 Å². The van der Waals surface area contributed by atoms with Gasteiger partial charge in [-0.2, -0.15) is 5.26 Å². The van der Waals surface area contributed by atoms with Crippen molar-refractivity contribution >= 4 is 28.8 Å². The Balaban J connectivity index is 2.33. The molecule has 0 aliphatic carbocycles. The van der Waals surface area contributed by atoms with Crippen molar-refractivity contribution in [2.24, 2.45) is 0 Å². The smallest absolute Gasteiger partial charge is 0.178 e. The molecule has 1 aromatic heterocycles. The first-order valence-corrected chi connectivity index (χ1v) is 5.73. The SMILES string of the molecule is N#Cc1cc(N)ccc1Sc1nncs1. The number of nitrogen functional groups attached to an aromatic ring is 1. The summed E-state index contributed by atoms with van der Waals surface area (Å²) in [4.78, 5) is 0.850. The van der Waals surface area contributed by atoms with Crippen molar-refractivity contribution in [1.29, 1.82) is 5.26 Å². The van der Waals surface area contributed by atoms with Gasteiger partial charge in [-0.05, 0) is 18.2 Å². The van der Waals surface area contributed by atoms with Crippen LogP contribution < -0.4 is 5.73 Å². The number of anilines is 1. The van der Waals surface area contributed by atoms with E-state index in [1.54, 1.807) is 17.6 Å². The van der Waals surface area contributed by atoms with E-state index in [1.807, 2.05) is 6.07 Å². The Morgan fingerprint density at radius 3 is 3.00 bits per heavy atom. The molecule has 15 heavy (non-hydrogen) atoms. The van der Waals surface area contributed by atoms with E-state index in [0.717, 1.165) is 9.24 Å². The van der Waals surface area contributed by atoms with Gasteiger partial charge >= 0.3 is 0 Å². The largest absolute Gasteiger partial charge is 0.399 e. The number of hydrogen-bond acceptors (Lipinski definition) is 6. The van der Waals surface area contributed by atoms with Crippen LogP contribution in [0.1, 0.15) is 5.56 Å². The van der Waals surface area contributed by atoms with Gasteiger partial charge in [0.25, 0.3) is 0 Å². The third kappa shape index (κ3) is 2.26. The predicted molar refractivity (Wildman–Crippen MR) is 59.6 cm³/mol. The minimum absolute atomic E-state index is 0.565. The molecule has 2 rings (SSSR count). The van der Waals surface area contributed by atoms with E-state index < -0.39 is 0 Å². The highest BCUT2D eigenvalue weighted by molar-refractivity contribution is 8.01. The van der Waals surface area contributed by atoms with Crippen LogP contribution in [-0.4, -0.2) is 10.2 Å². The minimum atomic E-state index is 0.565. The Bertz CT molecular complexity index is 501. The van der Waals surface area contributed by atoms with E-state index in [9.17, 15) is 0 Å². The van der Waals surface area contributed by atoms with Gasteiger partial charge in [-0.3, -0.25) is 0 Å². The van der Waals surface area contributed by atoms with E-state index in [1.165, 1.54) is 23.1 Å². The molecule has 0 aliphatic heterocycles. The van der Waals surface area contributed by atoms with Crippen molar-refractivity contribution in [3.8, 4) is 6.07 Å². The summed E-state index contributed by atoms with van der Waals surface area (Å²) in [5.41, 5.74) is 8.41. The summed E-state index contributed by atoms with van der Waals surface area (Å²) >= 11 is 2.86. The van der Waals surface area contributed by atoms with Gasteiger partial charge in [0.15, 0.2) is 4.34 Å². The van der Waals surface area contributed by atoms with Crippen molar-refractivity contribution in [3.05, 3.63) is 29.3 Å². The Kier molecular flexibility index (Phi) is 2.85. The maximum atomic E-state index is 8.92. The number of aromatic nitrogens is 2. The first-order valence-electron chi connectivity index (χ1n) is 4.03. The minimum Gasteiger partial charge on any atom is -0.399 e. The Morgan fingerprint density at radius 1 is 1.47 bits per heavy atom. The predicted octanol–water partition coefficient (Wildman–Crippen LogP) is 2.14. The summed E-state index contributed by atoms with van der Waals surface area (Å²) in [5, 5.41) is 16.6. The average molecular weight is 234 g/mol. The van der Waals surface area contributed by atoms with Crippen LogP contribution in [-0.2, 0) is 0 Å². The summed E-state index contributed by atoms with van der Waals surface area (Å²) in [5.74, 6) is 0. The molecule has 0 saturated carbocycles. The lowest BCUT2D eigenvalue weighted by Crippen LogP contribution is -1.87.